The second-order valence-electron chi connectivity index (χ2n) is 7.26. The predicted octanol–water partition coefficient (Wildman–Crippen LogP) is 2.14. The van der Waals surface area contributed by atoms with E-state index in [1.54, 1.807) is 36.4 Å². The Bertz CT molecular complexity index is 1610. The normalized spacial score (nSPS) is 11.2. The van der Waals surface area contributed by atoms with Crippen molar-refractivity contribution in [3.8, 4) is 5.75 Å². The molecule has 1 heterocycles. The number of anilines is 2. The Labute approximate surface area is 193 Å². The van der Waals surface area contributed by atoms with E-state index in [1.165, 1.54) is 43.5 Å². The zero-order valence-corrected chi connectivity index (χ0v) is 18.8. The van der Waals surface area contributed by atoms with E-state index in [-0.39, 0.29) is 27.0 Å². The topological polar surface area (TPSA) is 139 Å². The summed E-state index contributed by atoms with van der Waals surface area (Å²) in [5.41, 5.74) is -0.565. The number of nitrogens with zero attached hydrogens (tertiary/aromatic N) is 1. The third-order valence-electron chi connectivity index (χ3n) is 4.96. The summed E-state index contributed by atoms with van der Waals surface area (Å²) in [4.78, 5) is 37.3. The fourth-order valence-corrected chi connectivity index (χ4v) is 4.49. The molecule has 0 fully saturated rings. The number of H-pyrrole nitrogens is 1. The van der Waals surface area contributed by atoms with Gasteiger partial charge in [-0.15, -0.1) is 0 Å². The Morgan fingerprint density at radius 2 is 1.68 bits per heavy atom. The monoisotopic (exact) mass is 480 g/mol. The van der Waals surface area contributed by atoms with Crippen molar-refractivity contribution in [2.24, 2.45) is 0 Å². The number of sulfonamides is 1. The molecule has 0 bridgehead atoms. The highest BCUT2D eigenvalue weighted by molar-refractivity contribution is 7.92. The molecule has 3 aromatic carbocycles. The minimum Gasteiger partial charge on any atom is -0.495 e. The highest BCUT2D eigenvalue weighted by Crippen LogP contribution is 2.26. The summed E-state index contributed by atoms with van der Waals surface area (Å²) < 4.78 is 34.2. The van der Waals surface area contributed by atoms with Gasteiger partial charge in [0.1, 0.15) is 12.3 Å². The van der Waals surface area contributed by atoms with Gasteiger partial charge in [0.25, 0.3) is 21.1 Å². The number of aromatic amines is 1. The average Bonchev–Trinajstić information content (AvgIpc) is 2.82. The SMILES string of the molecule is COc1ccccc1NS(=O)(=O)c1cccc(NC(=O)Cn2[nH]c(=O)c3ccccc3c2=O)c1. The molecule has 0 radical (unpaired) electrons. The van der Waals surface area contributed by atoms with E-state index < -0.39 is 33.6 Å². The van der Waals surface area contributed by atoms with Crippen LogP contribution in [0.25, 0.3) is 10.8 Å². The van der Waals surface area contributed by atoms with Crippen molar-refractivity contribution in [2.45, 2.75) is 11.4 Å². The van der Waals surface area contributed by atoms with Crippen LogP contribution in [0.3, 0.4) is 0 Å². The van der Waals surface area contributed by atoms with Crippen LogP contribution in [-0.4, -0.2) is 31.2 Å². The van der Waals surface area contributed by atoms with Crippen molar-refractivity contribution in [2.75, 3.05) is 17.1 Å². The Balaban J connectivity index is 1.54. The molecular formula is C23H20N4O6S. The molecule has 1 aromatic heterocycles. The van der Waals surface area contributed by atoms with Gasteiger partial charge >= 0.3 is 0 Å². The largest absolute Gasteiger partial charge is 0.495 e. The molecule has 4 aromatic rings. The van der Waals surface area contributed by atoms with E-state index >= 15 is 0 Å². The number of benzene rings is 3. The molecule has 0 saturated heterocycles. The van der Waals surface area contributed by atoms with Crippen LogP contribution in [0.1, 0.15) is 0 Å². The summed E-state index contributed by atoms with van der Waals surface area (Å²) in [6.07, 6.45) is 0. The molecule has 10 nitrogen and oxygen atoms in total. The van der Waals surface area contributed by atoms with Crippen molar-refractivity contribution >= 4 is 38.1 Å². The lowest BCUT2D eigenvalue weighted by Gasteiger charge is -2.13. The lowest BCUT2D eigenvalue weighted by atomic mass is 10.2. The number of ether oxygens (including phenoxy) is 1. The summed E-state index contributed by atoms with van der Waals surface area (Å²) in [6, 6.07) is 18.5. The Hall–Kier alpha value is -4.38. The molecule has 4 rings (SSSR count). The molecule has 0 aliphatic carbocycles. The zero-order valence-electron chi connectivity index (χ0n) is 17.9. The lowest BCUT2D eigenvalue weighted by Crippen LogP contribution is -2.34. The van der Waals surface area contributed by atoms with Crippen LogP contribution in [0.5, 0.6) is 5.75 Å². The minimum absolute atomic E-state index is 0.0903. The number of fused-ring (bicyclic) bond motifs is 1. The van der Waals surface area contributed by atoms with Gasteiger partial charge in [0.05, 0.1) is 28.5 Å². The summed E-state index contributed by atoms with van der Waals surface area (Å²) in [7, 11) is -2.56. The van der Waals surface area contributed by atoms with E-state index in [0.29, 0.717) is 5.75 Å². The summed E-state index contributed by atoms with van der Waals surface area (Å²) in [5.74, 6) is -0.273. The Kier molecular flexibility index (Phi) is 6.19. The van der Waals surface area contributed by atoms with Gasteiger partial charge < -0.3 is 10.1 Å². The van der Waals surface area contributed by atoms with Gasteiger partial charge in [-0.05, 0) is 42.5 Å². The number of carbonyl (C=O) groups excluding carboxylic acids is 1. The Morgan fingerprint density at radius 3 is 2.44 bits per heavy atom. The van der Waals surface area contributed by atoms with Gasteiger partial charge in [-0.2, -0.15) is 0 Å². The van der Waals surface area contributed by atoms with Gasteiger partial charge in [-0.3, -0.25) is 24.2 Å². The first-order chi connectivity index (χ1) is 16.3. The quantitative estimate of drug-likeness (QED) is 0.370. The fraction of sp³-hybridized carbons (Fsp3) is 0.0870. The van der Waals surface area contributed by atoms with Crippen LogP contribution in [-0.2, 0) is 21.4 Å². The first-order valence-electron chi connectivity index (χ1n) is 10.1. The van der Waals surface area contributed by atoms with E-state index in [9.17, 15) is 22.8 Å². The van der Waals surface area contributed by atoms with Crippen molar-refractivity contribution in [3.63, 3.8) is 0 Å². The third kappa shape index (κ3) is 4.69. The maximum atomic E-state index is 12.8. The molecule has 174 valence electrons. The van der Waals surface area contributed by atoms with E-state index in [2.05, 4.69) is 15.1 Å². The first-order valence-corrected chi connectivity index (χ1v) is 11.5. The summed E-state index contributed by atoms with van der Waals surface area (Å²) in [6.45, 7) is -0.463. The van der Waals surface area contributed by atoms with Crippen molar-refractivity contribution < 1.29 is 17.9 Å². The smallest absolute Gasteiger partial charge is 0.273 e. The van der Waals surface area contributed by atoms with Crippen LogP contribution >= 0.6 is 0 Å². The fourth-order valence-electron chi connectivity index (χ4n) is 3.38. The standard InChI is InChI=1S/C23H20N4O6S/c1-33-20-12-5-4-11-19(20)26-34(31,32)16-8-6-7-15(13-16)24-21(28)14-27-23(30)18-10-3-2-9-17(18)22(29)25-27/h2-13,26H,14H2,1H3,(H,24,28)(H,25,29). The number of carbonyl (C=O) groups is 1. The average molecular weight is 481 g/mol. The predicted molar refractivity (Wildman–Crippen MR) is 128 cm³/mol. The lowest BCUT2D eigenvalue weighted by molar-refractivity contribution is -0.117. The summed E-state index contributed by atoms with van der Waals surface area (Å²) in [5, 5.41) is 5.34. The Morgan fingerprint density at radius 1 is 0.971 bits per heavy atom. The van der Waals surface area contributed by atoms with Gasteiger partial charge in [0, 0.05) is 5.69 Å². The highest BCUT2D eigenvalue weighted by atomic mass is 32.2. The highest BCUT2D eigenvalue weighted by Gasteiger charge is 2.17. The maximum Gasteiger partial charge on any atom is 0.273 e. The molecule has 0 saturated carbocycles. The number of hydrogen-bond donors (Lipinski definition) is 3. The molecule has 0 spiro atoms. The molecular weight excluding hydrogens is 460 g/mol. The zero-order chi connectivity index (χ0) is 24.3. The van der Waals surface area contributed by atoms with Gasteiger partial charge in [0.15, 0.2) is 0 Å². The van der Waals surface area contributed by atoms with Gasteiger partial charge in [0.2, 0.25) is 5.91 Å². The summed E-state index contributed by atoms with van der Waals surface area (Å²) >= 11 is 0. The number of nitrogens with one attached hydrogen (secondary N) is 3. The molecule has 3 N–H and O–H groups in total. The van der Waals surface area contributed by atoms with Crippen LogP contribution in [0.2, 0.25) is 0 Å². The molecule has 1 amide bonds. The first kappa shape index (κ1) is 22.8. The van der Waals surface area contributed by atoms with Gasteiger partial charge in [-0.25, -0.2) is 13.1 Å². The molecule has 0 unspecified atom stereocenters. The number of rotatable bonds is 7. The molecule has 0 aliphatic rings. The number of amides is 1. The van der Waals surface area contributed by atoms with E-state index in [4.69, 9.17) is 4.74 Å². The maximum absolute atomic E-state index is 12.8. The molecule has 0 aliphatic heterocycles. The van der Waals surface area contributed by atoms with Crippen molar-refractivity contribution in [3.05, 3.63) is 93.5 Å². The number of para-hydroxylation sites is 2. The van der Waals surface area contributed by atoms with E-state index in [1.807, 2.05) is 0 Å². The minimum atomic E-state index is -3.98. The van der Waals surface area contributed by atoms with Crippen LogP contribution in [0.15, 0.2) is 87.3 Å². The molecule has 0 atom stereocenters. The third-order valence-corrected chi connectivity index (χ3v) is 6.33. The molecule has 11 heteroatoms. The second kappa shape index (κ2) is 9.24. The van der Waals surface area contributed by atoms with Crippen LogP contribution in [0.4, 0.5) is 11.4 Å². The van der Waals surface area contributed by atoms with Crippen LogP contribution in [0, 0.1) is 0 Å². The van der Waals surface area contributed by atoms with E-state index in [0.717, 1.165) is 4.68 Å². The van der Waals surface area contributed by atoms with Crippen LogP contribution < -0.4 is 25.9 Å². The van der Waals surface area contributed by atoms with Crippen molar-refractivity contribution in [1.29, 1.82) is 0 Å². The van der Waals surface area contributed by atoms with Crippen molar-refractivity contribution in [1.82, 2.24) is 9.78 Å². The number of hydrogen-bond acceptors (Lipinski definition) is 6. The molecule has 34 heavy (non-hydrogen) atoms. The number of aromatic nitrogens is 2. The number of methoxy groups -OCH3 is 1. The van der Waals surface area contributed by atoms with Gasteiger partial charge in [-0.1, -0.05) is 30.3 Å². The second-order valence-corrected chi connectivity index (χ2v) is 8.94.